The van der Waals surface area contributed by atoms with Crippen LogP contribution in [0.5, 0.6) is 0 Å². The second kappa shape index (κ2) is 5.47. The van der Waals surface area contributed by atoms with E-state index in [-0.39, 0.29) is 12.0 Å². The molecule has 1 saturated heterocycles. The molecule has 0 spiro atoms. The monoisotopic (exact) mass is 310 g/mol. The summed E-state index contributed by atoms with van der Waals surface area (Å²) in [5, 5.41) is 10.3. The van der Waals surface area contributed by atoms with E-state index in [1.165, 1.54) is 0 Å². The van der Waals surface area contributed by atoms with Gasteiger partial charge in [-0.1, -0.05) is 18.2 Å². The van der Waals surface area contributed by atoms with Gasteiger partial charge in [-0.25, -0.2) is 9.78 Å². The van der Waals surface area contributed by atoms with Crippen LogP contribution in [-0.2, 0) is 20.6 Å². The van der Waals surface area contributed by atoms with Crippen molar-refractivity contribution >= 4 is 10.8 Å². The highest BCUT2D eigenvalue weighted by Gasteiger charge is 2.52. The van der Waals surface area contributed by atoms with Crippen molar-refractivity contribution in [1.29, 1.82) is 0 Å². The predicted octanol–water partition coefficient (Wildman–Crippen LogP) is 2.43. The van der Waals surface area contributed by atoms with Crippen molar-refractivity contribution < 1.29 is 19.1 Å². The van der Waals surface area contributed by atoms with E-state index < -0.39 is 22.0 Å². The summed E-state index contributed by atoms with van der Waals surface area (Å²) in [5.74, 6) is 0.681. The number of fused-ring (bicyclic) bond motifs is 2. The topological polar surface area (TPSA) is 55.8 Å². The van der Waals surface area contributed by atoms with E-state index in [1.807, 2.05) is 37.3 Å². The lowest BCUT2D eigenvalue weighted by Crippen LogP contribution is -2.58. The number of benzene rings is 1. The molecule has 116 valence electrons. The van der Waals surface area contributed by atoms with Gasteiger partial charge in [0.25, 0.3) is 0 Å². The van der Waals surface area contributed by atoms with Gasteiger partial charge >= 0.3 is 0 Å². The first-order valence-electron chi connectivity index (χ1n) is 7.41. The summed E-state index contributed by atoms with van der Waals surface area (Å²) in [5.41, 5.74) is -1.38. The molecule has 0 amide bonds. The molecule has 0 unspecified atom stereocenters. The average Bonchev–Trinajstić information content (AvgIpc) is 2.46. The maximum atomic E-state index is 12.5. The molecule has 21 heavy (non-hydrogen) atoms. The third-order valence-electron chi connectivity index (χ3n) is 4.83. The maximum absolute atomic E-state index is 12.5. The van der Waals surface area contributed by atoms with E-state index >= 15 is 0 Å². The highest BCUT2D eigenvalue weighted by Crippen LogP contribution is 2.45. The van der Waals surface area contributed by atoms with Crippen LogP contribution in [-0.4, -0.2) is 32.4 Å². The molecule has 1 heterocycles. The molecule has 2 bridgehead atoms. The van der Waals surface area contributed by atoms with E-state index in [1.54, 1.807) is 6.92 Å². The zero-order valence-corrected chi connectivity index (χ0v) is 13.3. The van der Waals surface area contributed by atoms with Crippen molar-refractivity contribution in [3.8, 4) is 0 Å². The minimum Gasteiger partial charge on any atom is -0.387 e. The van der Waals surface area contributed by atoms with E-state index in [2.05, 4.69) is 0 Å². The SMILES string of the molecule is C[C@]1(C[S@@](=O)c2ccccc2)OO[C@@H]2C[C@H]1CC[C@@]2(C)O. The van der Waals surface area contributed by atoms with Gasteiger partial charge in [0, 0.05) is 4.90 Å². The molecule has 0 aromatic heterocycles. The van der Waals surface area contributed by atoms with Crippen LogP contribution in [0, 0.1) is 5.92 Å². The molecule has 2 fully saturated rings. The molecular weight excluding hydrogens is 288 g/mol. The van der Waals surface area contributed by atoms with Gasteiger partial charge in [0.05, 0.1) is 22.2 Å². The van der Waals surface area contributed by atoms with Crippen molar-refractivity contribution in [3.05, 3.63) is 30.3 Å². The van der Waals surface area contributed by atoms with Crippen LogP contribution >= 0.6 is 0 Å². The number of hydrogen-bond donors (Lipinski definition) is 1. The Kier molecular flexibility index (Phi) is 3.94. The molecule has 1 aromatic rings. The Balaban J connectivity index is 1.73. The smallest absolute Gasteiger partial charge is 0.122 e. The average molecular weight is 310 g/mol. The Morgan fingerprint density at radius 1 is 1.33 bits per heavy atom. The highest BCUT2D eigenvalue weighted by atomic mass is 32.2. The molecule has 5 atom stereocenters. The van der Waals surface area contributed by atoms with Gasteiger partial charge in [0.2, 0.25) is 0 Å². The first-order chi connectivity index (χ1) is 9.91. The Hall–Kier alpha value is -0.750. The Morgan fingerprint density at radius 3 is 2.76 bits per heavy atom. The molecule has 0 radical (unpaired) electrons. The van der Waals surface area contributed by atoms with Crippen molar-refractivity contribution in [2.24, 2.45) is 5.92 Å². The third kappa shape index (κ3) is 2.93. The minimum atomic E-state index is -1.12. The second-order valence-corrected chi connectivity index (χ2v) is 8.06. The van der Waals surface area contributed by atoms with Crippen LogP contribution in [0.3, 0.4) is 0 Å². The van der Waals surface area contributed by atoms with Crippen LogP contribution in [0.1, 0.15) is 33.1 Å². The van der Waals surface area contributed by atoms with E-state index in [0.29, 0.717) is 12.2 Å². The van der Waals surface area contributed by atoms with Crippen LogP contribution in [0.4, 0.5) is 0 Å². The minimum absolute atomic E-state index is 0.268. The summed E-state index contributed by atoms with van der Waals surface area (Å²) in [7, 11) is -1.12. The van der Waals surface area contributed by atoms with Crippen molar-refractivity contribution in [1.82, 2.24) is 0 Å². The first-order valence-corrected chi connectivity index (χ1v) is 8.73. The number of hydrogen-bond acceptors (Lipinski definition) is 4. The molecule has 2 aliphatic rings. The maximum Gasteiger partial charge on any atom is 0.122 e. The number of rotatable bonds is 3. The normalized spacial score (nSPS) is 40.7. The Bertz CT molecular complexity index is 530. The van der Waals surface area contributed by atoms with E-state index in [0.717, 1.165) is 17.7 Å². The first kappa shape index (κ1) is 15.2. The standard InChI is InChI=1S/C16H22O4S/c1-15(17)9-8-12-10-14(15)19-20-16(12,2)11-21(18)13-6-4-3-5-7-13/h3-7,12,14,17H,8-11H2,1-2H3/t12-,14-,15-,16-,21-/m1/s1. The second-order valence-electron chi connectivity index (χ2n) is 6.61. The molecular formula is C16H22O4S. The summed E-state index contributed by atoms with van der Waals surface area (Å²) in [6, 6.07) is 9.44. The summed E-state index contributed by atoms with van der Waals surface area (Å²) in [4.78, 5) is 11.9. The summed E-state index contributed by atoms with van der Waals surface area (Å²) in [6.45, 7) is 3.76. The van der Waals surface area contributed by atoms with Crippen molar-refractivity contribution in [2.75, 3.05) is 5.75 Å². The van der Waals surface area contributed by atoms with Gasteiger partial charge in [-0.15, -0.1) is 0 Å². The fourth-order valence-corrected chi connectivity index (χ4v) is 4.68. The molecule has 1 aromatic carbocycles. The van der Waals surface area contributed by atoms with Crippen LogP contribution < -0.4 is 0 Å². The van der Waals surface area contributed by atoms with E-state index in [9.17, 15) is 9.32 Å². The lowest BCUT2D eigenvalue weighted by atomic mass is 9.71. The largest absolute Gasteiger partial charge is 0.387 e. The lowest BCUT2D eigenvalue weighted by Gasteiger charge is -2.50. The molecule has 1 N–H and O–H groups in total. The molecule has 4 nitrogen and oxygen atoms in total. The lowest BCUT2D eigenvalue weighted by molar-refractivity contribution is -0.441. The van der Waals surface area contributed by atoms with Crippen LogP contribution in [0.2, 0.25) is 0 Å². The number of aliphatic hydroxyl groups is 1. The quantitative estimate of drug-likeness (QED) is 0.871. The molecule has 5 heteroatoms. The Labute approximate surface area is 127 Å². The molecule has 1 saturated carbocycles. The fraction of sp³-hybridized carbons (Fsp3) is 0.625. The van der Waals surface area contributed by atoms with Gasteiger partial charge in [0.15, 0.2) is 0 Å². The molecule has 3 rings (SSSR count). The summed E-state index contributed by atoms with van der Waals surface area (Å²) < 4.78 is 12.5. The van der Waals surface area contributed by atoms with Crippen LogP contribution in [0.15, 0.2) is 35.2 Å². The molecule has 1 aliphatic carbocycles. The van der Waals surface area contributed by atoms with Crippen molar-refractivity contribution in [3.63, 3.8) is 0 Å². The zero-order chi connectivity index (χ0) is 15.1. The summed E-state index contributed by atoms with van der Waals surface area (Å²) >= 11 is 0. The van der Waals surface area contributed by atoms with Crippen LogP contribution in [0.25, 0.3) is 0 Å². The molecule has 1 aliphatic heterocycles. The van der Waals surface area contributed by atoms with Gasteiger partial charge in [-0.2, -0.15) is 0 Å². The van der Waals surface area contributed by atoms with Gasteiger partial charge in [0.1, 0.15) is 11.7 Å². The zero-order valence-electron chi connectivity index (χ0n) is 12.5. The van der Waals surface area contributed by atoms with E-state index in [4.69, 9.17) is 9.78 Å². The Morgan fingerprint density at radius 2 is 2.05 bits per heavy atom. The van der Waals surface area contributed by atoms with Crippen molar-refractivity contribution in [2.45, 2.75) is 55.3 Å². The van der Waals surface area contributed by atoms with Gasteiger partial charge < -0.3 is 5.11 Å². The van der Waals surface area contributed by atoms with Gasteiger partial charge in [-0.3, -0.25) is 4.21 Å². The summed E-state index contributed by atoms with van der Waals surface area (Å²) in [6.07, 6.45) is 2.04. The fourth-order valence-electron chi connectivity index (χ4n) is 3.25. The predicted molar refractivity (Wildman–Crippen MR) is 80.0 cm³/mol. The van der Waals surface area contributed by atoms with Gasteiger partial charge in [-0.05, 0) is 51.2 Å². The third-order valence-corrected chi connectivity index (χ3v) is 6.47. The highest BCUT2D eigenvalue weighted by molar-refractivity contribution is 7.85.